The van der Waals surface area contributed by atoms with Gasteiger partial charge in [0.2, 0.25) is 0 Å². The minimum absolute atomic E-state index is 0.399. The van der Waals surface area contributed by atoms with E-state index in [9.17, 15) is 0 Å². The first-order chi connectivity index (χ1) is 7.17. The molecule has 0 spiro atoms. The van der Waals surface area contributed by atoms with Crippen molar-refractivity contribution in [1.82, 2.24) is 0 Å². The normalized spacial score (nSPS) is 10.9. The first-order valence-corrected chi connectivity index (χ1v) is 5.25. The third-order valence-corrected chi connectivity index (χ3v) is 2.59. The van der Waals surface area contributed by atoms with Gasteiger partial charge in [0, 0.05) is 10.6 Å². The molecule has 0 amide bonds. The molecule has 15 heavy (non-hydrogen) atoms. The van der Waals surface area contributed by atoms with E-state index in [0.29, 0.717) is 27.9 Å². The van der Waals surface area contributed by atoms with E-state index < -0.39 is 0 Å². The summed E-state index contributed by atoms with van der Waals surface area (Å²) >= 11 is 17.0. The molecule has 0 aliphatic heterocycles. The highest BCUT2D eigenvalue weighted by atomic mass is 35.5. The molecule has 0 radical (unpaired) electrons. The second-order valence-electron chi connectivity index (χ2n) is 2.72. The van der Waals surface area contributed by atoms with Gasteiger partial charge in [-0.05, 0) is 18.2 Å². The summed E-state index contributed by atoms with van der Waals surface area (Å²) in [5.74, 6) is 0. The van der Waals surface area contributed by atoms with Crippen LogP contribution >= 0.6 is 34.8 Å². The lowest BCUT2D eigenvalue weighted by Crippen LogP contribution is -2.01. The highest BCUT2D eigenvalue weighted by Gasteiger charge is 2.01. The average Bonchev–Trinajstić information content (AvgIpc) is 2.26. The third kappa shape index (κ3) is 3.64. The van der Waals surface area contributed by atoms with E-state index in [0.717, 1.165) is 0 Å². The predicted molar refractivity (Wildman–Crippen MR) is 64.4 cm³/mol. The molecule has 0 atom stereocenters. The quantitative estimate of drug-likeness (QED) is 0.894. The van der Waals surface area contributed by atoms with Crippen LogP contribution in [0.1, 0.15) is 5.56 Å². The highest BCUT2D eigenvalue weighted by Crippen LogP contribution is 2.23. The summed E-state index contributed by atoms with van der Waals surface area (Å²) in [4.78, 5) is 0. The maximum absolute atomic E-state index is 8.63. The number of nitrogens with one attached hydrogen (secondary N) is 1. The van der Waals surface area contributed by atoms with Crippen LogP contribution in [0.2, 0.25) is 5.02 Å². The molecule has 1 N–H and O–H groups in total. The Hall–Kier alpha value is -0.880. The van der Waals surface area contributed by atoms with Crippen molar-refractivity contribution >= 4 is 40.5 Å². The molecule has 1 rings (SSSR count). The van der Waals surface area contributed by atoms with Crippen molar-refractivity contribution in [2.75, 3.05) is 11.9 Å². The fourth-order valence-electron chi connectivity index (χ4n) is 0.946. The Balaban J connectivity index is 2.75. The Labute approximate surface area is 103 Å². The second kappa shape index (κ2) is 5.87. The van der Waals surface area contributed by atoms with Crippen LogP contribution in [0.3, 0.4) is 0 Å². The van der Waals surface area contributed by atoms with Crippen molar-refractivity contribution in [2.24, 2.45) is 0 Å². The van der Waals surface area contributed by atoms with Gasteiger partial charge in [0.1, 0.15) is 0 Å². The van der Waals surface area contributed by atoms with Crippen LogP contribution in [0, 0.1) is 11.3 Å². The zero-order valence-corrected chi connectivity index (χ0v) is 9.87. The van der Waals surface area contributed by atoms with Gasteiger partial charge in [-0.1, -0.05) is 34.8 Å². The number of rotatable bonds is 3. The van der Waals surface area contributed by atoms with E-state index in [2.05, 4.69) is 5.32 Å². The molecule has 0 bridgehead atoms. The summed E-state index contributed by atoms with van der Waals surface area (Å²) in [5, 5.41) is 12.6. The fraction of sp³-hybridized carbons (Fsp3) is 0.100. The van der Waals surface area contributed by atoms with Gasteiger partial charge in [0.25, 0.3) is 0 Å². The SMILES string of the molecule is N#Cc1ccc(NC/C(Cl)=C\Cl)c(Cl)c1. The minimum Gasteiger partial charge on any atom is -0.379 e. The van der Waals surface area contributed by atoms with Crippen LogP contribution in [-0.4, -0.2) is 6.54 Å². The van der Waals surface area contributed by atoms with E-state index >= 15 is 0 Å². The van der Waals surface area contributed by atoms with E-state index in [-0.39, 0.29) is 0 Å². The Morgan fingerprint density at radius 1 is 1.53 bits per heavy atom. The van der Waals surface area contributed by atoms with Gasteiger partial charge in [-0.25, -0.2) is 0 Å². The van der Waals surface area contributed by atoms with Crippen LogP contribution < -0.4 is 5.32 Å². The van der Waals surface area contributed by atoms with E-state index in [4.69, 9.17) is 40.1 Å². The molecule has 1 aromatic rings. The molecule has 0 aliphatic rings. The number of nitriles is 1. The summed E-state index contributed by atoms with van der Waals surface area (Å²) in [5.41, 5.74) is 2.52. The molecule has 0 aliphatic carbocycles. The monoisotopic (exact) mass is 260 g/mol. The van der Waals surface area contributed by atoms with Gasteiger partial charge in [-0.3, -0.25) is 0 Å². The standard InChI is InChI=1S/C10H7Cl3N2/c11-4-8(12)6-15-10-2-1-7(5-14)3-9(10)13/h1-4,15H,6H2/b8-4+. The molecule has 0 saturated heterocycles. The number of hydrogen-bond acceptors (Lipinski definition) is 2. The number of anilines is 1. The molecule has 0 fully saturated rings. The zero-order chi connectivity index (χ0) is 11.3. The number of halogens is 3. The number of benzene rings is 1. The predicted octanol–water partition coefficient (Wildman–Crippen LogP) is 3.94. The molecule has 0 saturated carbocycles. The van der Waals surface area contributed by atoms with Crippen molar-refractivity contribution in [3.8, 4) is 6.07 Å². The summed E-state index contributed by atoms with van der Waals surface area (Å²) < 4.78 is 0. The van der Waals surface area contributed by atoms with Gasteiger partial charge < -0.3 is 5.32 Å². The maximum atomic E-state index is 8.63. The van der Waals surface area contributed by atoms with E-state index in [1.54, 1.807) is 18.2 Å². The first kappa shape index (κ1) is 12.2. The first-order valence-electron chi connectivity index (χ1n) is 4.05. The van der Waals surface area contributed by atoms with Crippen LogP contribution in [0.5, 0.6) is 0 Å². The molecule has 0 unspecified atom stereocenters. The van der Waals surface area contributed by atoms with Crippen LogP contribution in [0.4, 0.5) is 5.69 Å². The molecular formula is C10H7Cl3N2. The fourth-order valence-corrected chi connectivity index (χ4v) is 1.34. The third-order valence-electron chi connectivity index (χ3n) is 1.66. The molecular weight excluding hydrogens is 254 g/mol. The zero-order valence-electron chi connectivity index (χ0n) is 7.60. The smallest absolute Gasteiger partial charge is 0.0992 e. The summed E-state index contributed by atoms with van der Waals surface area (Å²) in [7, 11) is 0. The highest BCUT2D eigenvalue weighted by molar-refractivity contribution is 6.37. The Bertz CT molecular complexity index is 421. The van der Waals surface area contributed by atoms with Crippen molar-refractivity contribution < 1.29 is 0 Å². The van der Waals surface area contributed by atoms with Crippen molar-refractivity contribution in [1.29, 1.82) is 5.26 Å². The summed E-state index contributed by atoms with van der Waals surface area (Å²) in [6.45, 7) is 0.399. The van der Waals surface area contributed by atoms with Gasteiger partial charge in [0.05, 0.1) is 28.9 Å². The Kier molecular flexibility index (Phi) is 4.77. The average molecular weight is 262 g/mol. The van der Waals surface area contributed by atoms with E-state index in [1.165, 1.54) is 5.54 Å². The number of hydrogen-bond donors (Lipinski definition) is 1. The minimum atomic E-state index is 0.399. The molecule has 5 heteroatoms. The Morgan fingerprint density at radius 2 is 2.27 bits per heavy atom. The summed E-state index contributed by atoms with van der Waals surface area (Å²) in [6, 6.07) is 6.98. The largest absolute Gasteiger partial charge is 0.379 e. The number of nitrogens with zero attached hydrogens (tertiary/aromatic N) is 1. The van der Waals surface area contributed by atoms with Crippen LogP contribution in [-0.2, 0) is 0 Å². The molecule has 0 aromatic heterocycles. The maximum Gasteiger partial charge on any atom is 0.0992 e. The molecule has 0 heterocycles. The molecule has 78 valence electrons. The van der Waals surface area contributed by atoms with Gasteiger partial charge in [-0.2, -0.15) is 5.26 Å². The molecule has 2 nitrogen and oxygen atoms in total. The van der Waals surface area contributed by atoms with Gasteiger partial charge in [-0.15, -0.1) is 0 Å². The molecule has 1 aromatic carbocycles. The van der Waals surface area contributed by atoms with Gasteiger partial charge >= 0.3 is 0 Å². The van der Waals surface area contributed by atoms with Crippen LogP contribution in [0.15, 0.2) is 28.8 Å². The van der Waals surface area contributed by atoms with Crippen molar-refractivity contribution in [3.63, 3.8) is 0 Å². The lowest BCUT2D eigenvalue weighted by atomic mass is 10.2. The van der Waals surface area contributed by atoms with Crippen molar-refractivity contribution in [2.45, 2.75) is 0 Å². The van der Waals surface area contributed by atoms with Crippen molar-refractivity contribution in [3.05, 3.63) is 39.4 Å². The Morgan fingerprint density at radius 3 is 2.80 bits per heavy atom. The topological polar surface area (TPSA) is 35.8 Å². The summed E-state index contributed by atoms with van der Waals surface area (Å²) in [6.07, 6.45) is 0. The lowest BCUT2D eigenvalue weighted by molar-refractivity contribution is 1.31. The van der Waals surface area contributed by atoms with Crippen LogP contribution in [0.25, 0.3) is 0 Å². The lowest BCUT2D eigenvalue weighted by Gasteiger charge is -2.07. The van der Waals surface area contributed by atoms with E-state index in [1.807, 2.05) is 6.07 Å². The van der Waals surface area contributed by atoms with Gasteiger partial charge in [0.15, 0.2) is 0 Å². The second-order valence-corrected chi connectivity index (χ2v) is 3.83.